The summed E-state index contributed by atoms with van der Waals surface area (Å²) in [6, 6.07) is 22.5. The van der Waals surface area contributed by atoms with Crippen LogP contribution in [0, 0.1) is 17.1 Å². The van der Waals surface area contributed by atoms with Crippen LogP contribution in [0.15, 0.2) is 78.4 Å². The first-order chi connectivity index (χ1) is 16.9. The monoisotopic (exact) mass is 504 g/mol. The van der Waals surface area contributed by atoms with Crippen LogP contribution < -0.4 is 5.73 Å². The van der Waals surface area contributed by atoms with E-state index in [0.717, 1.165) is 5.56 Å². The number of hydrogen-bond donors (Lipinski definition) is 2. The number of rotatable bonds is 7. The number of carbonyl (C=O) groups excluding carboxylic acids is 1. The predicted molar refractivity (Wildman–Crippen MR) is 135 cm³/mol. The minimum atomic E-state index is -0.676. The Morgan fingerprint density at radius 3 is 2.54 bits per heavy atom. The highest BCUT2D eigenvalue weighted by Gasteiger charge is 2.26. The van der Waals surface area contributed by atoms with Gasteiger partial charge in [-0.1, -0.05) is 71.7 Å². The third kappa shape index (κ3) is 5.60. The number of amides is 1. The number of halogens is 3. The molecule has 1 atom stereocenters. The lowest BCUT2D eigenvalue weighted by Gasteiger charge is -2.17. The van der Waals surface area contributed by atoms with Gasteiger partial charge in [-0.05, 0) is 47.9 Å². The van der Waals surface area contributed by atoms with Gasteiger partial charge in [-0.2, -0.15) is 5.26 Å². The molecule has 1 aromatic heterocycles. The van der Waals surface area contributed by atoms with Crippen LogP contribution in [0.1, 0.15) is 28.4 Å². The van der Waals surface area contributed by atoms with Crippen LogP contribution in [0.4, 0.5) is 4.39 Å². The van der Waals surface area contributed by atoms with E-state index < -0.39 is 17.6 Å². The molecule has 0 spiro atoms. The molecule has 8 heteroatoms. The summed E-state index contributed by atoms with van der Waals surface area (Å²) in [4.78, 5) is 20.3. The van der Waals surface area contributed by atoms with Gasteiger partial charge in [-0.15, -0.1) is 0 Å². The molecule has 0 saturated heterocycles. The number of nitriles is 1. The van der Waals surface area contributed by atoms with Crippen molar-refractivity contribution in [2.45, 2.75) is 12.3 Å². The van der Waals surface area contributed by atoms with Crippen LogP contribution in [0.25, 0.3) is 17.3 Å². The second kappa shape index (κ2) is 10.6. The van der Waals surface area contributed by atoms with Gasteiger partial charge in [0.25, 0.3) is 0 Å². The minimum Gasteiger partial charge on any atom is -0.366 e. The summed E-state index contributed by atoms with van der Waals surface area (Å²) >= 11 is 12.6. The highest BCUT2D eigenvalue weighted by molar-refractivity contribution is 6.32. The van der Waals surface area contributed by atoms with Crippen molar-refractivity contribution in [1.29, 1.82) is 5.26 Å². The van der Waals surface area contributed by atoms with Gasteiger partial charge in [0.05, 0.1) is 11.5 Å². The Balaban J connectivity index is 1.83. The Morgan fingerprint density at radius 1 is 1.11 bits per heavy atom. The molecule has 3 N–H and O–H groups in total. The summed E-state index contributed by atoms with van der Waals surface area (Å²) in [6.07, 6.45) is 2.08. The van der Waals surface area contributed by atoms with Gasteiger partial charge in [0.15, 0.2) is 0 Å². The Morgan fingerprint density at radius 2 is 1.89 bits per heavy atom. The predicted octanol–water partition coefficient (Wildman–Crippen LogP) is 6.29. The number of aromatic amines is 1. The van der Waals surface area contributed by atoms with Gasteiger partial charge in [0, 0.05) is 16.2 Å². The molecule has 0 bridgehead atoms. The minimum absolute atomic E-state index is 0.0805. The number of nitrogens with two attached hydrogens (primary N) is 1. The quantitative estimate of drug-likeness (QED) is 0.289. The Kier molecular flexibility index (Phi) is 7.31. The molecule has 35 heavy (non-hydrogen) atoms. The first kappa shape index (κ1) is 24.2. The zero-order valence-electron chi connectivity index (χ0n) is 18.3. The third-order valence-corrected chi connectivity index (χ3v) is 5.99. The van der Waals surface area contributed by atoms with E-state index in [1.807, 2.05) is 36.4 Å². The van der Waals surface area contributed by atoms with Crippen LogP contribution in [-0.2, 0) is 11.2 Å². The Labute approximate surface area is 211 Å². The van der Waals surface area contributed by atoms with Crippen LogP contribution in [0.2, 0.25) is 10.2 Å². The molecular formula is C27H19Cl2FN4O. The van der Waals surface area contributed by atoms with Gasteiger partial charge >= 0.3 is 0 Å². The van der Waals surface area contributed by atoms with E-state index in [4.69, 9.17) is 34.2 Å². The molecule has 4 rings (SSSR count). The second-order valence-corrected chi connectivity index (χ2v) is 8.67. The largest absolute Gasteiger partial charge is 0.366 e. The topological polar surface area (TPSA) is 95.6 Å². The van der Waals surface area contributed by atoms with Gasteiger partial charge in [0.1, 0.15) is 28.6 Å². The number of primary amides is 1. The number of nitrogens with one attached hydrogen (secondary N) is 1. The van der Waals surface area contributed by atoms with Gasteiger partial charge in [-0.25, -0.2) is 9.37 Å². The molecular weight excluding hydrogens is 486 g/mol. The van der Waals surface area contributed by atoms with E-state index in [0.29, 0.717) is 39.7 Å². The van der Waals surface area contributed by atoms with Crippen LogP contribution in [-0.4, -0.2) is 15.9 Å². The van der Waals surface area contributed by atoms with Crippen molar-refractivity contribution in [3.8, 4) is 17.3 Å². The molecule has 0 radical (unpaired) electrons. The first-order valence-corrected chi connectivity index (χ1v) is 11.4. The second-order valence-electron chi connectivity index (χ2n) is 7.85. The molecule has 5 nitrogen and oxygen atoms in total. The van der Waals surface area contributed by atoms with E-state index in [1.54, 1.807) is 36.4 Å². The molecule has 1 heterocycles. The molecule has 3 aromatic carbocycles. The van der Waals surface area contributed by atoms with E-state index in [1.165, 1.54) is 12.1 Å². The Hall–Kier alpha value is -3.92. The number of H-pyrrole nitrogens is 1. The maximum Gasteiger partial charge on any atom is 0.245 e. The van der Waals surface area contributed by atoms with Crippen molar-refractivity contribution in [2.75, 3.05) is 0 Å². The normalized spacial score (nSPS) is 12.2. The van der Waals surface area contributed by atoms with E-state index >= 15 is 0 Å². The van der Waals surface area contributed by atoms with Crippen LogP contribution in [0.3, 0.4) is 0 Å². The van der Waals surface area contributed by atoms with E-state index in [9.17, 15) is 9.18 Å². The van der Waals surface area contributed by atoms with Crippen molar-refractivity contribution in [3.63, 3.8) is 0 Å². The van der Waals surface area contributed by atoms with Crippen LogP contribution >= 0.6 is 23.2 Å². The van der Waals surface area contributed by atoms with Crippen molar-refractivity contribution >= 4 is 35.2 Å². The zero-order chi connectivity index (χ0) is 24.9. The number of benzene rings is 3. The first-order valence-electron chi connectivity index (χ1n) is 10.6. The Bertz CT molecular complexity index is 1460. The number of nitrogens with zero attached hydrogens (tertiary/aromatic N) is 2. The summed E-state index contributed by atoms with van der Waals surface area (Å²) in [7, 11) is 0. The fraction of sp³-hybridized carbons (Fsp3) is 0.0741. The molecule has 0 aliphatic rings. The lowest BCUT2D eigenvalue weighted by Crippen LogP contribution is -2.22. The SMILES string of the molecule is N#Cc1ccc(-c2nc([C@@H](Cc3ccccc3)C(=Cc3cccc(Cl)c3)C(N)=O)[nH]c2Cl)cc1F. The fourth-order valence-corrected chi connectivity index (χ4v) is 4.25. The van der Waals surface area contributed by atoms with Gasteiger partial charge in [0.2, 0.25) is 5.91 Å². The lowest BCUT2D eigenvalue weighted by molar-refractivity contribution is -0.114. The van der Waals surface area contributed by atoms with Gasteiger partial charge in [-0.3, -0.25) is 4.79 Å². The standard InChI is InChI=1S/C27H19Cl2FN4O/c28-20-8-4-7-17(11-20)13-21(26(32)35)22(12-16-5-2-1-3-6-16)27-33-24(25(29)34-27)18-9-10-19(15-31)23(30)14-18/h1-11,13-14,22H,12H2,(H2,32,35)(H,33,34)/t22-/m0/s1. The van der Waals surface area contributed by atoms with Crippen molar-refractivity contribution in [1.82, 2.24) is 9.97 Å². The maximum absolute atomic E-state index is 14.2. The molecule has 0 aliphatic heterocycles. The molecule has 0 unspecified atom stereocenters. The summed E-state index contributed by atoms with van der Waals surface area (Å²) < 4.78 is 14.2. The van der Waals surface area contributed by atoms with Crippen LogP contribution in [0.5, 0.6) is 0 Å². The summed E-state index contributed by atoms with van der Waals surface area (Å²) in [5.41, 5.74) is 8.41. The number of imidazole rings is 1. The highest BCUT2D eigenvalue weighted by Crippen LogP contribution is 2.34. The molecule has 174 valence electrons. The molecule has 0 aliphatic carbocycles. The number of carbonyl (C=O) groups is 1. The average Bonchev–Trinajstić information content (AvgIpc) is 3.23. The zero-order valence-corrected chi connectivity index (χ0v) is 19.8. The molecule has 4 aromatic rings. The summed E-state index contributed by atoms with van der Waals surface area (Å²) in [5.74, 6) is -1.48. The number of hydrogen-bond acceptors (Lipinski definition) is 3. The highest BCUT2D eigenvalue weighted by atomic mass is 35.5. The summed E-state index contributed by atoms with van der Waals surface area (Å²) in [5, 5.41) is 9.70. The third-order valence-electron chi connectivity index (χ3n) is 5.48. The van der Waals surface area contributed by atoms with Crippen molar-refractivity contribution in [2.24, 2.45) is 5.73 Å². The smallest absolute Gasteiger partial charge is 0.245 e. The van der Waals surface area contributed by atoms with Gasteiger partial charge < -0.3 is 10.7 Å². The fourth-order valence-electron chi connectivity index (χ4n) is 3.80. The van der Waals surface area contributed by atoms with E-state index in [2.05, 4.69) is 9.97 Å². The molecule has 0 saturated carbocycles. The molecule has 1 amide bonds. The van der Waals surface area contributed by atoms with E-state index in [-0.39, 0.29) is 10.7 Å². The average molecular weight is 505 g/mol. The summed E-state index contributed by atoms with van der Waals surface area (Å²) in [6.45, 7) is 0. The molecule has 0 fully saturated rings. The van der Waals surface area contributed by atoms with Crippen molar-refractivity contribution < 1.29 is 9.18 Å². The maximum atomic E-state index is 14.2. The lowest BCUT2D eigenvalue weighted by atomic mass is 9.89. The van der Waals surface area contributed by atoms with Crippen molar-refractivity contribution in [3.05, 3.63) is 117 Å². The number of aromatic nitrogens is 2.